The highest BCUT2D eigenvalue weighted by molar-refractivity contribution is 5.97. The van der Waals surface area contributed by atoms with Crippen LogP contribution in [0.4, 0.5) is 0 Å². The second kappa shape index (κ2) is 7.97. The molecule has 0 saturated heterocycles. The highest BCUT2D eigenvalue weighted by Crippen LogP contribution is 2.10. The zero-order chi connectivity index (χ0) is 15.0. The molecule has 2 N–H and O–H groups in total. The van der Waals surface area contributed by atoms with E-state index in [2.05, 4.69) is 21.9 Å². The summed E-state index contributed by atoms with van der Waals surface area (Å²) in [5, 5.41) is 11.1. The van der Waals surface area contributed by atoms with Crippen molar-refractivity contribution in [2.24, 2.45) is 0 Å². The maximum atomic E-state index is 12.0. The Labute approximate surface area is 117 Å². The fourth-order valence-electron chi connectivity index (χ4n) is 1.48. The first kappa shape index (κ1) is 15.7. The monoisotopic (exact) mass is 275 g/mol. The number of benzene rings is 1. The van der Waals surface area contributed by atoms with Crippen LogP contribution < -0.4 is 5.32 Å². The van der Waals surface area contributed by atoms with Crippen LogP contribution in [0.15, 0.2) is 18.2 Å². The van der Waals surface area contributed by atoms with Gasteiger partial charge in [0.1, 0.15) is 6.54 Å². The van der Waals surface area contributed by atoms with Crippen molar-refractivity contribution in [1.82, 2.24) is 5.32 Å². The molecule has 1 aromatic carbocycles. The predicted octanol–water partition coefficient (Wildman–Crippen LogP) is 0.632. The zero-order valence-electron chi connectivity index (χ0n) is 11.5. The van der Waals surface area contributed by atoms with Crippen LogP contribution in [0.1, 0.15) is 27.9 Å². The molecular weight excluding hydrogens is 258 g/mol. The summed E-state index contributed by atoms with van der Waals surface area (Å²) in [6, 6.07) is 5.25. The van der Waals surface area contributed by atoms with Gasteiger partial charge in [-0.25, -0.2) is 0 Å². The molecule has 1 rings (SSSR count). The lowest BCUT2D eigenvalue weighted by molar-refractivity contribution is -0.139. The molecule has 0 aliphatic heterocycles. The molecule has 0 aromatic heterocycles. The number of amides is 1. The van der Waals surface area contributed by atoms with Crippen molar-refractivity contribution in [3.63, 3.8) is 0 Å². The Morgan fingerprint density at radius 2 is 2.15 bits per heavy atom. The molecule has 0 saturated carbocycles. The van der Waals surface area contributed by atoms with Crippen molar-refractivity contribution in [2.75, 3.05) is 20.3 Å². The summed E-state index contributed by atoms with van der Waals surface area (Å²) in [7, 11) is 1.26. The number of aliphatic hydroxyl groups is 1. The van der Waals surface area contributed by atoms with Crippen LogP contribution in [0.5, 0.6) is 0 Å². The maximum absolute atomic E-state index is 12.0. The van der Waals surface area contributed by atoms with Gasteiger partial charge in [-0.2, -0.15) is 0 Å². The summed E-state index contributed by atoms with van der Waals surface area (Å²) in [6.07, 6.45) is 0.387. The highest BCUT2D eigenvalue weighted by Gasteiger charge is 2.11. The minimum atomic E-state index is -0.505. The Kier molecular flexibility index (Phi) is 6.27. The topological polar surface area (TPSA) is 75.6 Å². The van der Waals surface area contributed by atoms with E-state index in [1.807, 2.05) is 0 Å². The van der Waals surface area contributed by atoms with Gasteiger partial charge in [-0.3, -0.25) is 9.59 Å². The number of esters is 1. The average molecular weight is 275 g/mol. The van der Waals surface area contributed by atoms with E-state index in [9.17, 15) is 9.59 Å². The van der Waals surface area contributed by atoms with Crippen LogP contribution in [-0.4, -0.2) is 37.2 Å². The Bertz CT molecular complexity index is 555. The van der Waals surface area contributed by atoms with Crippen molar-refractivity contribution in [2.45, 2.75) is 13.3 Å². The lowest BCUT2D eigenvalue weighted by Gasteiger charge is -2.07. The summed E-state index contributed by atoms with van der Waals surface area (Å²) in [5.41, 5.74) is 1.94. The average Bonchev–Trinajstić information content (AvgIpc) is 2.46. The lowest BCUT2D eigenvalue weighted by atomic mass is 10.0. The number of rotatable bonds is 4. The van der Waals surface area contributed by atoms with Crippen LogP contribution in [0.3, 0.4) is 0 Å². The fourth-order valence-corrected chi connectivity index (χ4v) is 1.48. The van der Waals surface area contributed by atoms with Gasteiger partial charge in [0.05, 0.1) is 13.7 Å². The Balaban J connectivity index is 2.83. The molecule has 106 valence electrons. The van der Waals surface area contributed by atoms with Crippen LogP contribution in [0.2, 0.25) is 0 Å². The smallest absolute Gasteiger partial charge is 0.325 e. The van der Waals surface area contributed by atoms with E-state index in [4.69, 9.17) is 5.11 Å². The van der Waals surface area contributed by atoms with Gasteiger partial charge < -0.3 is 15.2 Å². The van der Waals surface area contributed by atoms with Gasteiger partial charge in [0.15, 0.2) is 0 Å². The molecule has 1 amide bonds. The van der Waals surface area contributed by atoms with Gasteiger partial charge in [0.2, 0.25) is 0 Å². The molecule has 20 heavy (non-hydrogen) atoms. The standard InChI is InChI=1S/C15H17NO4/c1-11-6-7-12(5-3-4-8-17)9-13(11)15(19)16-10-14(18)20-2/h6-7,9,17H,4,8,10H2,1-2H3,(H,16,19). The summed E-state index contributed by atoms with van der Waals surface area (Å²) in [4.78, 5) is 23.0. The predicted molar refractivity (Wildman–Crippen MR) is 74.1 cm³/mol. The first-order chi connectivity index (χ1) is 9.58. The molecule has 0 heterocycles. The molecule has 0 radical (unpaired) electrons. The molecule has 5 nitrogen and oxygen atoms in total. The number of aliphatic hydroxyl groups excluding tert-OH is 1. The Morgan fingerprint density at radius 3 is 2.80 bits per heavy atom. The third kappa shape index (κ3) is 4.75. The number of hydrogen-bond acceptors (Lipinski definition) is 4. The Hall–Kier alpha value is -2.32. The summed E-state index contributed by atoms with van der Waals surface area (Å²) >= 11 is 0. The Morgan fingerprint density at radius 1 is 1.40 bits per heavy atom. The molecule has 1 aromatic rings. The van der Waals surface area contributed by atoms with E-state index < -0.39 is 5.97 Å². The van der Waals surface area contributed by atoms with Gasteiger partial charge in [-0.15, -0.1) is 0 Å². The summed E-state index contributed by atoms with van der Waals surface area (Å²) < 4.78 is 4.46. The van der Waals surface area contributed by atoms with E-state index in [1.165, 1.54) is 7.11 Å². The maximum Gasteiger partial charge on any atom is 0.325 e. The van der Waals surface area contributed by atoms with Gasteiger partial charge >= 0.3 is 5.97 Å². The quantitative estimate of drug-likeness (QED) is 0.624. The van der Waals surface area contributed by atoms with Crippen molar-refractivity contribution in [3.05, 3.63) is 34.9 Å². The zero-order valence-corrected chi connectivity index (χ0v) is 11.5. The van der Waals surface area contributed by atoms with Crippen molar-refractivity contribution >= 4 is 11.9 Å². The molecular formula is C15H17NO4. The molecule has 0 unspecified atom stereocenters. The van der Waals surface area contributed by atoms with Gasteiger partial charge in [0, 0.05) is 17.5 Å². The molecule has 0 spiro atoms. The lowest BCUT2D eigenvalue weighted by Crippen LogP contribution is -2.30. The first-order valence-electron chi connectivity index (χ1n) is 6.14. The molecule has 0 aliphatic carbocycles. The van der Waals surface area contributed by atoms with Gasteiger partial charge in [-0.05, 0) is 24.6 Å². The number of ether oxygens (including phenoxy) is 1. The minimum absolute atomic E-state index is 0.00529. The number of nitrogens with one attached hydrogen (secondary N) is 1. The van der Waals surface area contributed by atoms with Crippen LogP contribution in [-0.2, 0) is 9.53 Å². The van der Waals surface area contributed by atoms with Gasteiger partial charge in [-0.1, -0.05) is 17.9 Å². The fraction of sp³-hybridized carbons (Fsp3) is 0.333. The van der Waals surface area contributed by atoms with Crippen LogP contribution in [0, 0.1) is 18.8 Å². The summed E-state index contributed by atoms with van der Waals surface area (Å²) in [5.74, 6) is 4.80. The van der Waals surface area contributed by atoms with Crippen molar-refractivity contribution in [1.29, 1.82) is 0 Å². The van der Waals surface area contributed by atoms with E-state index >= 15 is 0 Å². The van der Waals surface area contributed by atoms with Crippen LogP contribution >= 0.6 is 0 Å². The van der Waals surface area contributed by atoms with Crippen molar-refractivity contribution < 1.29 is 19.4 Å². The van der Waals surface area contributed by atoms with E-state index in [0.29, 0.717) is 17.5 Å². The number of carbonyl (C=O) groups excluding carboxylic acids is 2. The number of methoxy groups -OCH3 is 1. The highest BCUT2D eigenvalue weighted by atomic mass is 16.5. The third-order valence-electron chi connectivity index (χ3n) is 2.57. The molecule has 0 aliphatic rings. The molecule has 0 atom stereocenters. The van der Waals surface area contributed by atoms with E-state index in [1.54, 1.807) is 25.1 Å². The van der Waals surface area contributed by atoms with E-state index in [-0.39, 0.29) is 19.1 Å². The third-order valence-corrected chi connectivity index (χ3v) is 2.57. The molecule has 0 fully saturated rings. The minimum Gasteiger partial charge on any atom is -0.468 e. The normalized spacial score (nSPS) is 9.35. The number of aryl methyl sites for hydroxylation is 1. The summed E-state index contributed by atoms with van der Waals surface area (Å²) in [6.45, 7) is 1.64. The second-order valence-corrected chi connectivity index (χ2v) is 4.06. The second-order valence-electron chi connectivity index (χ2n) is 4.06. The van der Waals surface area contributed by atoms with Crippen LogP contribution in [0.25, 0.3) is 0 Å². The first-order valence-corrected chi connectivity index (χ1v) is 6.14. The molecule has 5 heteroatoms. The van der Waals surface area contributed by atoms with E-state index in [0.717, 1.165) is 5.56 Å². The largest absolute Gasteiger partial charge is 0.468 e. The molecule has 0 bridgehead atoms. The number of carbonyl (C=O) groups is 2. The van der Waals surface area contributed by atoms with Gasteiger partial charge in [0.25, 0.3) is 5.91 Å². The number of hydrogen-bond donors (Lipinski definition) is 2. The SMILES string of the molecule is COC(=O)CNC(=O)c1cc(C#CCCO)ccc1C. The van der Waals surface area contributed by atoms with Crippen molar-refractivity contribution in [3.8, 4) is 11.8 Å².